The Morgan fingerprint density at radius 2 is 1.83 bits per heavy atom. The van der Waals surface area contributed by atoms with Crippen molar-refractivity contribution in [3.05, 3.63) is 29.8 Å². The van der Waals surface area contributed by atoms with Crippen molar-refractivity contribution in [3.8, 4) is 5.75 Å². The van der Waals surface area contributed by atoms with E-state index in [4.69, 9.17) is 15.6 Å². The van der Waals surface area contributed by atoms with Gasteiger partial charge in [0.05, 0.1) is 6.10 Å². The molecule has 0 spiro atoms. The van der Waals surface area contributed by atoms with E-state index in [-0.39, 0.29) is 18.3 Å². The average molecular weight is 251 g/mol. The van der Waals surface area contributed by atoms with Crippen molar-refractivity contribution in [2.75, 3.05) is 0 Å². The lowest BCUT2D eigenvalue weighted by Crippen LogP contribution is -2.32. The van der Waals surface area contributed by atoms with Crippen LogP contribution >= 0.6 is 0 Å². The van der Waals surface area contributed by atoms with Crippen LogP contribution in [0.15, 0.2) is 24.3 Å². The molecule has 0 saturated heterocycles. The number of aliphatic carboxylic acids is 1. The molecular weight excluding hydrogens is 234 g/mol. The number of nitrogens with two attached hydrogens (primary N) is 1. The lowest BCUT2D eigenvalue weighted by molar-refractivity contribution is -0.138. The van der Waals surface area contributed by atoms with Crippen molar-refractivity contribution in [1.82, 2.24) is 0 Å². The Bertz CT molecular complexity index is 425. The third-order valence-electron chi connectivity index (χ3n) is 2.27. The Kier molecular flexibility index (Phi) is 4.85. The molecule has 0 aliphatic heterocycles. The summed E-state index contributed by atoms with van der Waals surface area (Å²) in [5, 5.41) is 8.62. The first-order valence-electron chi connectivity index (χ1n) is 5.68. The Balaban J connectivity index is 2.67. The van der Waals surface area contributed by atoms with Gasteiger partial charge in [-0.05, 0) is 38.1 Å². The summed E-state index contributed by atoms with van der Waals surface area (Å²) >= 11 is 0. The van der Waals surface area contributed by atoms with E-state index in [1.54, 1.807) is 24.3 Å². The zero-order chi connectivity index (χ0) is 13.7. The molecule has 1 aromatic carbocycles. The summed E-state index contributed by atoms with van der Waals surface area (Å²) in [5.74, 6) is -0.798. The maximum absolute atomic E-state index is 11.7. The van der Waals surface area contributed by atoms with Crippen molar-refractivity contribution in [2.24, 2.45) is 5.73 Å². The van der Waals surface area contributed by atoms with Crippen LogP contribution in [0.4, 0.5) is 0 Å². The maximum atomic E-state index is 11.7. The van der Waals surface area contributed by atoms with Crippen LogP contribution in [-0.2, 0) is 4.79 Å². The number of carbonyl (C=O) groups is 2. The van der Waals surface area contributed by atoms with E-state index in [9.17, 15) is 9.59 Å². The fourth-order valence-corrected chi connectivity index (χ4v) is 1.40. The number of rotatable bonds is 6. The van der Waals surface area contributed by atoms with Crippen molar-refractivity contribution in [3.63, 3.8) is 0 Å². The fraction of sp³-hybridized carbons (Fsp3) is 0.385. The summed E-state index contributed by atoms with van der Waals surface area (Å²) in [6, 6.07) is 5.41. The highest BCUT2D eigenvalue weighted by atomic mass is 16.5. The Hall–Kier alpha value is -1.88. The summed E-state index contributed by atoms with van der Waals surface area (Å²) in [6.07, 6.45) is -0.147. The zero-order valence-corrected chi connectivity index (χ0v) is 10.4. The molecule has 98 valence electrons. The Labute approximate surface area is 106 Å². The number of carbonyl (C=O) groups excluding carboxylic acids is 1. The summed E-state index contributed by atoms with van der Waals surface area (Å²) in [5.41, 5.74) is 5.74. The molecule has 0 fully saturated rings. The van der Waals surface area contributed by atoms with Crippen LogP contribution in [0.2, 0.25) is 0 Å². The van der Waals surface area contributed by atoms with Gasteiger partial charge >= 0.3 is 5.97 Å². The number of hydrogen-bond donors (Lipinski definition) is 2. The smallest absolute Gasteiger partial charge is 0.320 e. The second-order valence-electron chi connectivity index (χ2n) is 4.26. The van der Waals surface area contributed by atoms with Gasteiger partial charge in [0.25, 0.3) is 0 Å². The molecule has 0 amide bonds. The van der Waals surface area contributed by atoms with Gasteiger partial charge in [0.1, 0.15) is 11.8 Å². The minimum atomic E-state index is -1.18. The summed E-state index contributed by atoms with van der Waals surface area (Å²) < 4.78 is 5.44. The Morgan fingerprint density at radius 1 is 1.28 bits per heavy atom. The number of carboxylic acid groups (broad SMARTS) is 1. The van der Waals surface area contributed by atoms with Crippen LogP contribution in [0.1, 0.15) is 30.6 Å². The molecule has 5 nitrogen and oxygen atoms in total. The molecule has 0 radical (unpaired) electrons. The molecule has 0 heterocycles. The predicted molar refractivity (Wildman–Crippen MR) is 66.8 cm³/mol. The lowest BCUT2D eigenvalue weighted by atomic mass is 10.0. The maximum Gasteiger partial charge on any atom is 0.320 e. The quantitative estimate of drug-likeness (QED) is 0.747. The Morgan fingerprint density at radius 3 is 2.28 bits per heavy atom. The van der Waals surface area contributed by atoms with E-state index in [1.807, 2.05) is 13.8 Å². The van der Waals surface area contributed by atoms with Gasteiger partial charge in [-0.25, -0.2) is 0 Å². The highest BCUT2D eigenvalue weighted by Gasteiger charge is 2.17. The summed E-state index contributed by atoms with van der Waals surface area (Å²) in [4.78, 5) is 22.3. The van der Waals surface area contributed by atoms with Crippen LogP contribution in [0.5, 0.6) is 5.75 Å². The topological polar surface area (TPSA) is 89.6 Å². The highest BCUT2D eigenvalue weighted by molar-refractivity contribution is 5.98. The first-order valence-corrected chi connectivity index (χ1v) is 5.68. The normalized spacial score (nSPS) is 12.2. The van der Waals surface area contributed by atoms with Crippen molar-refractivity contribution in [1.29, 1.82) is 0 Å². The minimum absolute atomic E-state index is 0.0620. The first-order chi connectivity index (χ1) is 8.40. The molecule has 0 bridgehead atoms. The van der Waals surface area contributed by atoms with E-state index < -0.39 is 12.0 Å². The fourth-order valence-electron chi connectivity index (χ4n) is 1.40. The second kappa shape index (κ2) is 6.16. The van der Waals surface area contributed by atoms with Crippen LogP contribution < -0.4 is 10.5 Å². The van der Waals surface area contributed by atoms with Crippen LogP contribution in [0.25, 0.3) is 0 Å². The van der Waals surface area contributed by atoms with Gasteiger partial charge in [-0.1, -0.05) is 0 Å². The number of carboxylic acids is 1. The molecule has 1 atom stereocenters. The monoisotopic (exact) mass is 251 g/mol. The summed E-state index contributed by atoms with van der Waals surface area (Å²) in [7, 11) is 0. The minimum Gasteiger partial charge on any atom is -0.491 e. The van der Waals surface area contributed by atoms with Gasteiger partial charge in [0.15, 0.2) is 5.78 Å². The second-order valence-corrected chi connectivity index (χ2v) is 4.26. The number of Topliss-reactive ketones (excluding diaryl/α,β-unsaturated/α-hetero) is 1. The molecule has 0 saturated carbocycles. The molecule has 3 N–H and O–H groups in total. The SMILES string of the molecule is CC(C)Oc1ccc(C(=O)CC(N)C(=O)O)cc1. The number of benzene rings is 1. The molecule has 0 aliphatic carbocycles. The van der Waals surface area contributed by atoms with Gasteiger partial charge in [-0.3, -0.25) is 9.59 Å². The van der Waals surface area contributed by atoms with Gasteiger partial charge in [-0.15, -0.1) is 0 Å². The molecule has 1 rings (SSSR count). The lowest BCUT2D eigenvalue weighted by Gasteiger charge is -2.10. The van der Waals surface area contributed by atoms with E-state index in [2.05, 4.69) is 0 Å². The third kappa shape index (κ3) is 4.18. The van der Waals surface area contributed by atoms with Crippen LogP contribution in [-0.4, -0.2) is 29.0 Å². The molecule has 5 heteroatoms. The van der Waals surface area contributed by atoms with E-state index in [0.717, 1.165) is 0 Å². The standard InChI is InChI=1S/C13H17NO4/c1-8(2)18-10-5-3-9(4-6-10)12(15)7-11(14)13(16)17/h3-6,8,11H,7,14H2,1-2H3,(H,16,17). The van der Waals surface area contributed by atoms with Gasteiger partial charge in [0, 0.05) is 12.0 Å². The molecule has 0 aliphatic rings. The number of ketones is 1. The predicted octanol–water partition coefficient (Wildman–Crippen LogP) is 1.46. The highest BCUT2D eigenvalue weighted by Crippen LogP contribution is 2.15. The van der Waals surface area contributed by atoms with Crippen LogP contribution in [0.3, 0.4) is 0 Å². The summed E-state index contributed by atoms with van der Waals surface area (Å²) in [6.45, 7) is 3.82. The average Bonchev–Trinajstić information content (AvgIpc) is 2.28. The first kappa shape index (κ1) is 14.2. The number of hydrogen-bond acceptors (Lipinski definition) is 4. The largest absolute Gasteiger partial charge is 0.491 e. The van der Waals surface area contributed by atoms with Crippen molar-refractivity contribution in [2.45, 2.75) is 32.4 Å². The van der Waals surface area contributed by atoms with Gasteiger partial charge in [0.2, 0.25) is 0 Å². The molecular formula is C13H17NO4. The number of ether oxygens (including phenoxy) is 1. The van der Waals surface area contributed by atoms with Gasteiger partial charge < -0.3 is 15.6 Å². The molecule has 1 aromatic rings. The van der Waals surface area contributed by atoms with E-state index in [0.29, 0.717) is 11.3 Å². The molecule has 1 unspecified atom stereocenters. The zero-order valence-electron chi connectivity index (χ0n) is 10.4. The van der Waals surface area contributed by atoms with Crippen LogP contribution in [0, 0.1) is 0 Å². The van der Waals surface area contributed by atoms with Crippen molar-refractivity contribution < 1.29 is 19.4 Å². The van der Waals surface area contributed by atoms with Gasteiger partial charge in [-0.2, -0.15) is 0 Å². The van der Waals surface area contributed by atoms with E-state index >= 15 is 0 Å². The van der Waals surface area contributed by atoms with E-state index in [1.165, 1.54) is 0 Å². The van der Waals surface area contributed by atoms with Crippen molar-refractivity contribution >= 4 is 11.8 Å². The third-order valence-corrected chi connectivity index (χ3v) is 2.27. The molecule has 0 aromatic heterocycles. The molecule has 18 heavy (non-hydrogen) atoms.